The zero-order valence-corrected chi connectivity index (χ0v) is 18.3. The van der Waals surface area contributed by atoms with Gasteiger partial charge < -0.3 is 14.8 Å². The quantitative estimate of drug-likeness (QED) is 0.542. The van der Waals surface area contributed by atoms with E-state index < -0.39 is 11.4 Å². The van der Waals surface area contributed by atoms with E-state index in [4.69, 9.17) is 21.1 Å². The summed E-state index contributed by atoms with van der Waals surface area (Å²) in [5, 5.41) is 3.67. The van der Waals surface area contributed by atoms with Crippen molar-refractivity contribution in [2.45, 2.75) is 51.4 Å². The van der Waals surface area contributed by atoms with Crippen LogP contribution in [0.25, 0.3) is 0 Å². The van der Waals surface area contributed by atoms with Gasteiger partial charge in [0.2, 0.25) is 5.91 Å². The minimum Gasteiger partial charge on any atom is -0.493 e. The lowest BCUT2D eigenvalue weighted by Gasteiger charge is -2.28. The first-order valence-electron chi connectivity index (χ1n) is 10.5. The van der Waals surface area contributed by atoms with Crippen LogP contribution in [0.2, 0.25) is 5.02 Å². The molecule has 30 heavy (non-hydrogen) atoms. The Morgan fingerprint density at radius 2 is 1.77 bits per heavy atom. The second kappa shape index (κ2) is 9.98. The summed E-state index contributed by atoms with van der Waals surface area (Å²) < 4.78 is 10.9. The molecule has 0 unspecified atom stereocenters. The van der Waals surface area contributed by atoms with Crippen molar-refractivity contribution in [3.8, 4) is 5.75 Å². The highest BCUT2D eigenvalue weighted by atomic mass is 35.5. The number of anilines is 1. The number of ether oxygens (including phenoxy) is 2. The molecular formula is C24H28ClNO4. The maximum Gasteiger partial charge on any atom is 0.341 e. The first-order valence-corrected chi connectivity index (χ1v) is 10.9. The van der Waals surface area contributed by atoms with Crippen LogP contribution in [0.5, 0.6) is 5.75 Å². The van der Waals surface area contributed by atoms with Crippen LogP contribution in [-0.4, -0.2) is 25.1 Å². The fraction of sp³-hybridized carbons (Fsp3) is 0.417. The summed E-state index contributed by atoms with van der Waals surface area (Å²) in [5.41, 5.74) is 1.24. The van der Waals surface area contributed by atoms with Gasteiger partial charge in [0.25, 0.3) is 0 Å². The Morgan fingerprint density at radius 3 is 2.40 bits per heavy atom. The van der Waals surface area contributed by atoms with Crippen molar-refractivity contribution in [2.75, 3.05) is 18.5 Å². The van der Waals surface area contributed by atoms with Gasteiger partial charge >= 0.3 is 5.97 Å². The average Bonchev–Trinajstić information content (AvgIpc) is 3.24. The lowest BCUT2D eigenvalue weighted by molar-refractivity contribution is -0.121. The number of esters is 1. The molecule has 1 amide bonds. The van der Waals surface area contributed by atoms with Crippen molar-refractivity contribution in [2.24, 2.45) is 0 Å². The number of halogens is 1. The van der Waals surface area contributed by atoms with Gasteiger partial charge in [0, 0.05) is 10.7 Å². The SMILES string of the molecule is CCCOc1ccc(NC(=O)C2(c3ccc(Cl)cc3)CCCC2)cc1C(=O)OCC. The number of benzene rings is 2. The van der Waals surface area contributed by atoms with Gasteiger partial charge in [-0.05, 0) is 62.1 Å². The molecule has 2 aromatic rings. The molecule has 0 atom stereocenters. The number of carbonyl (C=O) groups excluding carboxylic acids is 2. The highest BCUT2D eigenvalue weighted by molar-refractivity contribution is 6.30. The fourth-order valence-corrected chi connectivity index (χ4v) is 4.09. The second-order valence-electron chi connectivity index (χ2n) is 7.53. The van der Waals surface area contributed by atoms with Crippen LogP contribution in [0.4, 0.5) is 5.69 Å². The minimum atomic E-state index is -0.591. The Kier molecular flexibility index (Phi) is 7.38. The Bertz CT molecular complexity index is 889. The number of rotatable bonds is 8. The van der Waals surface area contributed by atoms with Gasteiger partial charge in [-0.15, -0.1) is 0 Å². The Morgan fingerprint density at radius 1 is 1.07 bits per heavy atom. The van der Waals surface area contributed by atoms with E-state index in [2.05, 4.69) is 5.32 Å². The molecule has 0 aliphatic heterocycles. The summed E-state index contributed by atoms with van der Waals surface area (Å²) in [7, 11) is 0. The van der Waals surface area contributed by atoms with Crippen LogP contribution >= 0.6 is 11.6 Å². The largest absolute Gasteiger partial charge is 0.493 e. The number of amides is 1. The molecule has 0 bridgehead atoms. The van der Waals surface area contributed by atoms with E-state index in [1.165, 1.54) is 0 Å². The van der Waals surface area contributed by atoms with Crippen molar-refractivity contribution in [3.63, 3.8) is 0 Å². The standard InChI is InChI=1S/C24H28ClNO4/c1-3-15-30-21-12-11-19(16-20(21)22(27)29-4-2)26-23(28)24(13-5-6-14-24)17-7-9-18(25)10-8-17/h7-12,16H,3-6,13-15H2,1-2H3,(H,26,28). The van der Waals surface area contributed by atoms with Gasteiger partial charge in [-0.2, -0.15) is 0 Å². The molecule has 0 radical (unpaired) electrons. The molecule has 1 aliphatic rings. The third kappa shape index (κ3) is 4.78. The van der Waals surface area contributed by atoms with Gasteiger partial charge in [-0.25, -0.2) is 4.79 Å². The Labute approximate surface area is 182 Å². The summed E-state index contributed by atoms with van der Waals surface area (Å²) in [4.78, 5) is 25.8. The fourth-order valence-electron chi connectivity index (χ4n) is 3.96. The summed E-state index contributed by atoms with van der Waals surface area (Å²) in [6.07, 6.45) is 4.37. The first-order chi connectivity index (χ1) is 14.5. The van der Waals surface area contributed by atoms with Gasteiger partial charge in [0.15, 0.2) is 0 Å². The van der Waals surface area contributed by atoms with Crippen molar-refractivity contribution >= 4 is 29.2 Å². The molecule has 1 N–H and O–H groups in total. The van der Waals surface area contributed by atoms with Crippen molar-refractivity contribution in [3.05, 3.63) is 58.6 Å². The Hall–Kier alpha value is -2.53. The van der Waals surface area contributed by atoms with E-state index in [9.17, 15) is 9.59 Å². The van der Waals surface area contributed by atoms with Crippen molar-refractivity contribution < 1.29 is 19.1 Å². The minimum absolute atomic E-state index is 0.0700. The highest BCUT2D eigenvalue weighted by Crippen LogP contribution is 2.42. The van der Waals surface area contributed by atoms with E-state index >= 15 is 0 Å². The van der Waals surface area contributed by atoms with Crippen LogP contribution in [0.1, 0.15) is 61.9 Å². The third-order valence-corrected chi connectivity index (χ3v) is 5.74. The topological polar surface area (TPSA) is 64.6 Å². The molecule has 0 saturated heterocycles. The molecule has 0 aromatic heterocycles. The average molecular weight is 430 g/mol. The predicted octanol–water partition coefficient (Wildman–Crippen LogP) is 5.76. The van der Waals surface area contributed by atoms with Gasteiger partial charge in [0.05, 0.1) is 18.6 Å². The first kappa shape index (κ1) is 22.2. The van der Waals surface area contributed by atoms with Crippen LogP contribution in [-0.2, 0) is 14.9 Å². The maximum atomic E-state index is 13.4. The second-order valence-corrected chi connectivity index (χ2v) is 7.97. The molecule has 1 saturated carbocycles. The molecule has 0 spiro atoms. The van der Waals surface area contributed by atoms with E-state index in [1.807, 2.05) is 31.2 Å². The molecule has 160 valence electrons. The lowest BCUT2D eigenvalue weighted by Crippen LogP contribution is -2.38. The molecule has 5 nitrogen and oxygen atoms in total. The lowest BCUT2D eigenvalue weighted by atomic mass is 9.78. The smallest absolute Gasteiger partial charge is 0.341 e. The maximum absolute atomic E-state index is 13.4. The van der Waals surface area contributed by atoms with E-state index in [-0.39, 0.29) is 12.5 Å². The normalized spacial score (nSPS) is 14.9. The van der Waals surface area contributed by atoms with Crippen molar-refractivity contribution in [1.29, 1.82) is 0 Å². The van der Waals surface area contributed by atoms with Gasteiger partial charge in [-0.3, -0.25) is 4.79 Å². The molecule has 0 heterocycles. The number of carbonyl (C=O) groups is 2. The van der Waals surface area contributed by atoms with E-state index in [0.717, 1.165) is 37.7 Å². The number of nitrogens with one attached hydrogen (secondary N) is 1. The molecule has 1 aliphatic carbocycles. The van der Waals surface area contributed by atoms with Gasteiger partial charge in [0.1, 0.15) is 11.3 Å². The molecule has 3 rings (SSSR count). The van der Waals surface area contributed by atoms with Crippen LogP contribution < -0.4 is 10.1 Å². The number of hydrogen-bond donors (Lipinski definition) is 1. The highest BCUT2D eigenvalue weighted by Gasteiger charge is 2.42. The van der Waals surface area contributed by atoms with E-state index in [0.29, 0.717) is 28.6 Å². The van der Waals surface area contributed by atoms with Crippen LogP contribution in [0.3, 0.4) is 0 Å². The molecule has 1 fully saturated rings. The predicted molar refractivity (Wildman–Crippen MR) is 118 cm³/mol. The monoisotopic (exact) mass is 429 g/mol. The van der Waals surface area contributed by atoms with Crippen LogP contribution in [0, 0.1) is 0 Å². The zero-order valence-electron chi connectivity index (χ0n) is 17.5. The molecule has 2 aromatic carbocycles. The van der Waals surface area contributed by atoms with E-state index in [1.54, 1.807) is 25.1 Å². The molecule has 6 heteroatoms. The Balaban J connectivity index is 1.88. The summed E-state index contributed by atoms with van der Waals surface area (Å²) in [6.45, 7) is 4.52. The molecular weight excluding hydrogens is 402 g/mol. The summed E-state index contributed by atoms with van der Waals surface area (Å²) in [5.74, 6) is -0.0751. The summed E-state index contributed by atoms with van der Waals surface area (Å²) >= 11 is 6.04. The van der Waals surface area contributed by atoms with Crippen molar-refractivity contribution in [1.82, 2.24) is 0 Å². The van der Waals surface area contributed by atoms with Crippen LogP contribution in [0.15, 0.2) is 42.5 Å². The zero-order chi connectivity index (χ0) is 21.6. The summed E-state index contributed by atoms with van der Waals surface area (Å²) in [6, 6.07) is 12.6. The number of hydrogen-bond acceptors (Lipinski definition) is 4. The third-order valence-electron chi connectivity index (χ3n) is 5.48. The van der Waals surface area contributed by atoms with Gasteiger partial charge in [-0.1, -0.05) is 43.5 Å².